The molecule has 130 valence electrons. The molecule has 0 radical (unpaired) electrons. The van der Waals surface area contributed by atoms with Gasteiger partial charge in [-0.05, 0) is 62.6 Å². The lowest BCUT2D eigenvalue weighted by molar-refractivity contribution is 0.0524. The van der Waals surface area contributed by atoms with Crippen LogP contribution in [0.15, 0.2) is 34.8 Å². The molecule has 0 atom stereocenters. The molecule has 3 rings (SSSR count). The van der Waals surface area contributed by atoms with Gasteiger partial charge in [0.05, 0.1) is 17.9 Å². The van der Waals surface area contributed by atoms with E-state index in [-0.39, 0.29) is 5.91 Å². The van der Waals surface area contributed by atoms with Crippen molar-refractivity contribution in [2.75, 3.05) is 18.1 Å². The minimum absolute atomic E-state index is 0.151. The number of aryl methyl sites for hydroxylation is 2. The van der Waals surface area contributed by atoms with Gasteiger partial charge in [-0.1, -0.05) is 15.9 Å². The van der Waals surface area contributed by atoms with Crippen molar-refractivity contribution in [2.45, 2.75) is 26.7 Å². The van der Waals surface area contributed by atoms with Gasteiger partial charge in [0.1, 0.15) is 5.69 Å². The van der Waals surface area contributed by atoms with Gasteiger partial charge in [0.25, 0.3) is 5.91 Å². The molecule has 1 aliphatic rings. The van der Waals surface area contributed by atoms with E-state index in [1.165, 1.54) is 0 Å². The van der Waals surface area contributed by atoms with Gasteiger partial charge < -0.3 is 9.64 Å². The predicted octanol–water partition coefficient (Wildman–Crippen LogP) is 3.92. The second kappa shape index (κ2) is 7.35. The van der Waals surface area contributed by atoms with Crippen molar-refractivity contribution in [1.82, 2.24) is 4.98 Å². The molecule has 0 fully saturated rings. The topological polar surface area (TPSA) is 59.5 Å². The van der Waals surface area contributed by atoms with Crippen molar-refractivity contribution in [3.63, 3.8) is 0 Å². The van der Waals surface area contributed by atoms with E-state index in [1.807, 2.05) is 12.1 Å². The number of hydrogen-bond donors (Lipinski definition) is 0. The first-order valence-corrected chi connectivity index (χ1v) is 9.05. The zero-order valence-electron chi connectivity index (χ0n) is 14.2. The second-order valence-electron chi connectivity index (χ2n) is 5.88. The molecule has 1 aromatic carbocycles. The molecule has 1 aromatic heterocycles. The van der Waals surface area contributed by atoms with Crippen LogP contribution in [-0.2, 0) is 11.2 Å². The first-order valence-electron chi connectivity index (χ1n) is 8.26. The van der Waals surface area contributed by atoms with Crippen molar-refractivity contribution in [3.05, 3.63) is 57.3 Å². The van der Waals surface area contributed by atoms with Gasteiger partial charge in [0.2, 0.25) is 0 Å². The molecule has 1 aliphatic heterocycles. The summed E-state index contributed by atoms with van der Waals surface area (Å²) in [7, 11) is 0. The second-order valence-corrected chi connectivity index (χ2v) is 6.80. The lowest BCUT2D eigenvalue weighted by atomic mass is 10.0. The van der Waals surface area contributed by atoms with Crippen LogP contribution >= 0.6 is 15.9 Å². The Morgan fingerprint density at radius 2 is 2.08 bits per heavy atom. The zero-order valence-corrected chi connectivity index (χ0v) is 15.8. The normalized spacial score (nSPS) is 13.3. The van der Waals surface area contributed by atoms with Crippen molar-refractivity contribution >= 4 is 33.5 Å². The molecule has 0 aliphatic carbocycles. The van der Waals surface area contributed by atoms with E-state index in [1.54, 1.807) is 30.9 Å². The summed E-state index contributed by atoms with van der Waals surface area (Å²) in [5.74, 6) is -0.568. The first kappa shape index (κ1) is 17.6. The first-order chi connectivity index (χ1) is 12.0. The van der Waals surface area contributed by atoms with E-state index in [4.69, 9.17) is 4.74 Å². The van der Waals surface area contributed by atoms with E-state index in [2.05, 4.69) is 27.0 Å². The van der Waals surface area contributed by atoms with Gasteiger partial charge in [0, 0.05) is 16.7 Å². The maximum Gasteiger partial charge on any atom is 0.339 e. The van der Waals surface area contributed by atoms with Gasteiger partial charge in [-0.15, -0.1) is 0 Å². The highest BCUT2D eigenvalue weighted by atomic mass is 79.9. The minimum Gasteiger partial charge on any atom is -0.462 e. The summed E-state index contributed by atoms with van der Waals surface area (Å²) in [5.41, 5.74) is 3.29. The van der Waals surface area contributed by atoms with Crippen LogP contribution in [0.4, 0.5) is 5.69 Å². The molecule has 0 unspecified atom stereocenters. The average molecular weight is 403 g/mol. The molecule has 1 amide bonds. The number of nitrogens with zero attached hydrogens (tertiary/aromatic N) is 2. The summed E-state index contributed by atoms with van der Waals surface area (Å²) in [6.45, 7) is 4.43. The predicted molar refractivity (Wildman–Crippen MR) is 99.1 cm³/mol. The quantitative estimate of drug-likeness (QED) is 0.729. The Kier molecular flexibility index (Phi) is 5.18. The third kappa shape index (κ3) is 3.58. The molecule has 5 nitrogen and oxygen atoms in total. The van der Waals surface area contributed by atoms with Gasteiger partial charge in [-0.25, -0.2) is 9.78 Å². The van der Waals surface area contributed by atoms with Crippen LogP contribution in [0, 0.1) is 6.92 Å². The van der Waals surface area contributed by atoms with Crippen LogP contribution in [-0.4, -0.2) is 30.0 Å². The highest BCUT2D eigenvalue weighted by Gasteiger charge is 2.25. The van der Waals surface area contributed by atoms with Crippen LogP contribution in [0.2, 0.25) is 0 Å². The number of halogens is 1. The monoisotopic (exact) mass is 402 g/mol. The van der Waals surface area contributed by atoms with E-state index in [0.29, 0.717) is 30.1 Å². The van der Waals surface area contributed by atoms with Crippen molar-refractivity contribution < 1.29 is 14.3 Å². The van der Waals surface area contributed by atoms with Crippen molar-refractivity contribution in [2.24, 2.45) is 0 Å². The van der Waals surface area contributed by atoms with Gasteiger partial charge >= 0.3 is 5.97 Å². The lowest BCUT2D eigenvalue weighted by Crippen LogP contribution is -2.36. The molecule has 2 heterocycles. The van der Waals surface area contributed by atoms with Gasteiger partial charge in [-0.2, -0.15) is 0 Å². The SMILES string of the molecule is CCOC(=O)c1ccc(C(=O)N2CCCc3cc(Br)ccc32)nc1C. The van der Waals surface area contributed by atoms with Crippen LogP contribution in [0.1, 0.15) is 45.4 Å². The number of rotatable bonds is 3. The Labute approximate surface area is 155 Å². The smallest absolute Gasteiger partial charge is 0.339 e. The molecule has 0 spiro atoms. The average Bonchev–Trinajstić information content (AvgIpc) is 2.60. The third-order valence-corrected chi connectivity index (χ3v) is 4.70. The van der Waals surface area contributed by atoms with Crippen molar-refractivity contribution in [3.8, 4) is 0 Å². The number of carbonyl (C=O) groups excluding carboxylic acids is 2. The number of aromatic nitrogens is 1. The summed E-state index contributed by atoms with van der Waals surface area (Å²) in [6, 6.07) is 9.15. The summed E-state index contributed by atoms with van der Waals surface area (Å²) in [4.78, 5) is 30.9. The van der Waals surface area contributed by atoms with Crippen molar-refractivity contribution in [1.29, 1.82) is 0 Å². The molecule has 0 saturated heterocycles. The molecular formula is C19H19BrN2O3. The summed E-state index contributed by atoms with van der Waals surface area (Å²) in [5, 5.41) is 0. The molecule has 0 saturated carbocycles. The number of anilines is 1. The van der Waals surface area contributed by atoms with E-state index in [0.717, 1.165) is 28.6 Å². The Morgan fingerprint density at radius 3 is 2.80 bits per heavy atom. The van der Waals surface area contributed by atoms with E-state index in [9.17, 15) is 9.59 Å². The van der Waals surface area contributed by atoms with Crippen LogP contribution in [0.3, 0.4) is 0 Å². The highest BCUT2D eigenvalue weighted by Crippen LogP contribution is 2.30. The largest absolute Gasteiger partial charge is 0.462 e. The van der Waals surface area contributed by atoms with E-state index >= 15 is 0 Å². The number of fused-ring (bicyclic) bond motifs is 1. The van der Waals surface area contributed by atoms with Gasteiger partial charge in [0.15, 0.2) is 0 Å². The number of benzene rings is 1. The number of pyridine rings is 1. The maximum absolute atomic E-state index is 12.9. The molecular weight excluding hydrogens is 384 g/mol. The fourth-order valence-corrected chi connectivity index (χ4v) is 3.43. The lowest BCUT2D eigenvalue weighted by Gasteiger charge is -2.29. The molecule has 0 bridgehead atoms. The molecule has 6 heteroatoms. The zero-order chi connectivity index (χ0) is 18.0. The standard InChI is InChI=1S/C19H19BrN2O3/c1-3-25-19(24)15-7-8-16(21-12(15)2)18(23)22-10-4-5-13-11-14(20)6-9-17(13)22/h6-9,11H,3-5,10H2,1-2H3. The Morgan fingerprint density at radius 1 is 1.28 bits per heavy atom. The Hall–Kier alpha value is -2.21. The highest BCUT2D eigenvalue weighted by molar-refractivity contribution is 9.10. The fourth-order valence-electron chi connectivity index (χ4n) is 3.02. The summed E-state index contributed by atoms with van der Waals surface area (Å²) in [6.07, 6.45) is 1.86. The Bertz CT molecular complexity index is 835. The Balaban J connectivity index is 1.90. The van der Waals surface area contributed by atoms with Crippen LogP contribution in [0.25, 0.3) is 0 Å². The molecule has 2 aromatic rings. The summed E-state index contributed by atoms with van der Waals surface area (Å²) < 4.78 is 6.01. The number of ether oxygens (including phenoxy) is 1. The fraction of sp³-hybridized carbons (Fsp3) is 0.316. The number of hydrogen-bond acceptors (Lipinski definition) is 4. The van der Waals surface area contributed by atoms with E-state index < -0.39 is 5.97 Å². The van der Waals surface area contributed by atoms with Gasteiger partial charge in [-0.3, -0.25) is 4.79 Å². The molecule has 25 heavy (non-hydrogen) atoms. The minimum atomic E-state index is -0.417. The third-order valence-electron chi connectivity index (χ3n) is 4.21. The van der Waals surface area contributed by atoms with Crippen LogP contribution in [0.5, 0.6) is 0 Å². The van der Waals surface area contributed by atoms with Crippen LogP contribution < -0.4 is 4.90 Å². The summed E-state index contributed by atoms with van der Waals surface area (Å²) >= 11 is 3.48. The molecule has 0 N–H and O–H groups in total. The number of amides is 1. The number of esters is 1. The number of carbonyl (C=O) groups is 2. The maximum atomic E-state index is 12.9.